The van der Waals surface area contributed by atoms with Crippen molar-refractivity contribution in [1.82, 2.24) is 14.6 Å². The SMILES string of the molecule is O=C(Oc1nc2cccc(Br)n2n1)C1CC1. The number of halogens is 1. The lowest BCUT2D eigenvalue weighted by Gasteiger charge is -1.95. The standard InChI is InChI=1S/C10H8BrN3O2/c11-7-2-1-3-8-12-10(13-14(7)8)16-9(15)6-4-5-6/h1-3,6H,4-5H2. The predicted molar refractivity (Wildman–Crippen MR) is 59.0 cm³/mol. The number of aromatic nitrogens is 3. The fourth-order valence-electron chi connectivity index (χ4n) is 1.39. The molecule has 5 nitrogen and oxygen atoms in total. The Kier molecular flexibility index (Phi) is 2.17. The van der Waals surface area contributed by atoms with Gasteiger partial charge in [0.05, 0.1) is 5.92 Å². The maximum absolute atomic E-state index is 11.4. The van der Waals surface area contributed by atoms with E-state index in [4.69, 9.17) is 4.74 Å². The average molecular weight is 282 g/mol. The number of hydrogen-bond acceptors (Lipinski definition) is 4. The van der Waals surface area contributed by atoms with Crippen LogP contribution in [0.5, 0.6) is 6.01 Å². The van der Waals surface area contributed by atoms with Crippen LogP contribution in [0.3, 0.4) is 0 Å². The Balaban J connectivity index is 1.92. The van der Waals surface area contributed by atoms with Gasteiger partial charge in [0.25, 0.3) is 0 Å². The minimum atomic E-state index is -0.230. The highest BCUT2D eigenvalue weighted by Crippen LogP contribution is 2.30. The molecule has 1 saturated carbocycles. The van der Waals surface area contributed by atoms with Crippen molar-refractivity contribution in [3.63, 3.8) is 0 Å². The molecule has 1 aliphatic carbocycles. The molecule has 2 heterocycles. The van der Waals surface area contributed by atoms with Gasteiger partial charge in [0.1, 0.15) is 4.60 Å². The van der Waals surface area contributed by atoms with E-state index in [0.717, 1.165) is 17.4 Å². The van der Waals surface area contributed by atoms with E-state index in [1.807, 2.05) is 12.1 Å². The first kappa shape index (κ1) is 9.77. The van der Waals surface area contributed by atoms with Gasteiger partial charge < -0.3 is 4.74 Å². The highest BCUT2D eigenvalue weighted by atomic mass is 79.9. The van der Waals surface area contributed by atoms with Crippen molar-refractivity contribution in [2.45, 2.75) is 12.8 Å². The summed E-state index contributed by atoms with van der Waals surface area (Å²) < 4.78 is 7.42. The van der Waals surface area contributed by atoms with Crippen LogP contribution in [-0.4, -0.2) is 20.6 Å². The molecule has 0 spiro atoms. The number of esters is 1. The molecule has 0 saturated heterocycles. The molecule has 82 valence electrons. The molecule has 0 aliphatic heterocycles. The second-order valence-electron chi connectivity index (χ2n) is 3.71. The summed E-state index contributed by atoms with van der Waals surface area (Å²) in [7, 11) is 0. The molecule has 2 aromatic heterocycles. The summed E-state index contributed by atoms with van der Waals surface area (Å²) in [5.41, 5.74) is 0.646. The lowest BCUT2D eigenvalue weighted by molar-refractivity contribution is -0.136. The zero-order valence-electron chi connectivity index (χ0n) is 8.26. The minimum absolute atomic E-state index is 0.0510. The van der Waals surface area contributed by atoms with Gasteiger partial charge in [-0.2, -0.15) is 4.98 Å². The van der Waals surface area contributed by atoms with Gasteiger partial charge in [0, 0.05) is 0 Å². The Bertz CT molecular complexity index is 562. The molecule has 0 atom stereocenters. The van der Waals surface area contributed by atoms with Crippen molar-refractivity contribution in [3.05, 3.63) is 22.8 Å². The molecule has 16 heavy (non-hydrogen) atoms. The highest BCUT2D eigenvalue weighted by molar-refractivity contribution is 9.10. The van der Waals surface area contributed by atoms with Crippen LogP contribution in [-0.2, 0) is 4.79 Å². The molecular formula is C10H8BrN3O2. The first-order valence-electron chi connectivity index (χ1n) is 4.97. The van der Waals surface area contributed by atoms with E-state index in [1.165, 1.54) is 0 Å². The van der Waals surface area contributed by atoms with Crippen molar-refractivity contribution in [3.8, 4) is 6.01 Å². The van der Waals surface area contributed by atoms with Crippen molar-refractivity contribution < 1.29 is 9.53 Å². The van der Waals surface area contributed by atoms with E-state index in [-0.39, 0.29) is 17.9 Å². The first-order chi connectivity index (χ1) is 7.74. The zero-order valence-corrected chi connectivity index (χ0v) is 9.85. The normalized spacial score (nSPS) is 15.3. The molecule has 0 aromatic carbocycles. The van der Waals surface area contributed by atoms with E-state index in [0.29, 0.717) is 5.65 Å². The molecule has 2 aromatic rings. The van der Waals surface area contributed by atoms with Crippen molar-refractivity contribution in [1.29, 1.82) is 0 Å². The van der Waals surface area contributed by atoms with Crippen LogP contribution in [0.1, 0.15) is 12.8 Å². The average Bonchev–Trinajstić information content (AvgIpc) is 3.01. The van der Waals surface area contributed by atoms with Gasteiger partial charge in [0.15, 0.2) is 5.65 Å². The number of ether oxygens (including phenoxy) is 1. The van der Waals surface area contributed by atoms with Gasteiger partial charge in [-0.25, -0.2) is 4.52 Å². The summed E-state index contributed by atoms with van der Waals surface area (Å²) in [6, 6.07) is 5.60. The van der Waals surface area contributed by atoms with Crippen molar-refractivity contribution >= 4 is 27.5 Å². The van der Waals surface area contributed by atoms with Crippen LogP contribution in [0, 0.1) is 5.92 Å². The van der Waals surface area contributed by atoms with Crippen LogP contribution in [0.4, 0.5) is 0 Å². The number of pyridine rings is 1. The van der Waals surface area contributed by atoms with E-state index < -0.39 is 0 Å². The predicted octanol–water partition coefficient (Wildman–Crippen LogP) is 1.81. The van der Waals surface area contributed by atoms with Crippen LogP contribution in [0.2, 0.25) is 0 Å². The minimum Gasteiger partial charge on any atom is -0.390 e. The molecule has 1 aliphatic rings. The lowest BCUT2D eigenvalue weighted by Crippen LogP contribution is -2.10. The Morgan fingerprint density at radius 3 is 3.00 bits per heavy atom. The summed E-state index contributed by atoms with van der Waals surface area (Å²) in [4.78, 5) is 15.5. The van der Waals surface area contributed by atoms with Gasteiger partial charge in [-0.3, -0.25) is 4.79 Å². The summed E-state index contributed by atoms with van der Waals surface area (Å²) in [6.07, 6.45) is 1.83. The maximum atomic E-state index is 11.4. The number of carbonyl (C=O) groups is 1. The van der Waals surface area contributed by atoms with Gasteiger partial charge in [0.2, 0.25) is 0 Å². The summed E-state index contributed by atoms with van der Waals surface area (Å²) in [5, 5.41) is 4.08. The van der Waals surface area contributed by atoms with E-state index in [2.05, 4.69) is 26.0 Å². The van der Waals surface area contributed by atoms with E-state index in [9.17, 15) is 4.79 Å². The largest absolute Gasteiger partial charge is 0.390 e. The monoisotopic (exact) mass is 281 g/mol. The third-order valence-corrected chi connectivity index (χ3v) is 3.00. The third-order valence-electron chi connectivity index (χ3n) is 2.40. The number of nitrogens with zero attached hydrogens (tertiary/aromatic N) is 3. The second kappa shape index (κ2) is 3.55. The Morgan fingerprint density at radius 2 is 2.31 bits per heavy atom. The number of fused-ring (bicyclic) bond motifs is 1. The van der Waals surface area contributed by atoms with Gasteiger partial charge in [-0.15, -0.1) is 5.10 Å². The van der Waals surface area contributed by atoms with E-state index >= 15 is 0 Å². The Morgan fingerprint density at radius 1 is 1.50 bits per heavy atom. The Labute approximate surface area is 99.6 Å². The van der Waals surface area contributed by atoms with Crippen LogP contribution in [0.25, 0.3) is 5.65 Å². The summed E-state index contributed by atoms with van der Waals surface area (Å²) in [5.74, 6) is -0.179. The number of rotatable bonds is 2. The number of hydrogen-bond donors (Lipinski definition) is 0. The maximum Gasteiger partial charge on any atom is 0.344 e. The highest BCUT2D eigenvalue weighted by Gasteiger charge is 2.32. The molecule has 0 unspecified atom stereocenters. The van der Waals surface area contributed by atoms with Gasteiger partial charge in [-0.05, 0) is 40.9 Å². The zero-order chi connectivity index (χ0) is 11.1. The Hall–Kier alpha value is -1.43. The van der Waals surface area contributed by atoms with Crippen LogP contribution < -0.4 is 4.74 Å². The molecule has 0 radical (unpaired) electrons. The van der Waals surface area contributed by atoms with Gasteiger partial charge in [-0.1, -0.05) is 6.07 Å². The molecule has 0 amide bonds. The van der Waals surface area contributed by atoms with Crippen molar-refractivity contribution in [2.75, 3.05) is 0 Å². The summed E-state index contributed by atoms with van der Waals surface area (Å²) >= 11 is 3.34. The first-order valence-corrected chi connectivity index (χ1v) is 5.76. The fourth-order valence-corrected chi connectivity index (χ4v) is 1.80. The van der Waals surface area contributed by atoms with Crippen molar-refractivity contribution in [2.24, 2.45) is 5.92 Å². The smallest absolute Gasteiger partial charge is 0.344 e. The fraction of sp³-hybridized carbons (Fsp3) is 0.300. The molecule has 3 rings (SSSR count). The number of carbonyl (C=O) groups excluding carboxylic acids is 1. The molecule has 0 N–H and O–H groups in total. The van der Waals surface area contributed by atoms with E-state index in [1.54, 1.807) is 10.6 Å². The second-order valence-corrected chi connectivity index (χ2v) is 4.52. The summed E-state index contributed by atoms with van der Waals surface area (Å²) in [6.45, 7) is 0. The molecule has 0 bridgehead atoms. The molecule has 6 heteroatoms. The van der Waals surface area contributed by atoms with Crippen LogP contribution in [0.15, 0.2) is 22.8 Å². The third kappa shape index (κ3) is 1.69. The molecule has 1 fully saturated rings. The quantitative estimate of drug-likeness (QED) is 0.622. The topological polar surface area (TPSA) is 56.5 Å². The lowest BCUT2D eigenvalue weighted by atomic mass is 10.4. The van der Waals surface area contributed by atoms with Gasteiger partial charge >= 0.3 is 12.0 Å². The molecular weight excluding hydrogens is 274 g/mol. The van der Waals surface area contributed by atoms with Crippen LogP contribution >= 0.6 is 15.9 Å².